The lowest BCUT2D eigenvalue weighted by atomic mass is 10.2. The predicted molar refractivity (Wildman–Crippen MR) is 110 cm³/mol. The number of nitrogens with one attached hydrogen (secondary N) is 1. The Morgan fingerprint density at radius 2 is 1.89 bits per heavy atom. The molecule has 0 aliphatic carbocycles. The molecule has 0 radical (unpaired) electrons. The minimum absolute atomic E-state index is 0.146. The van der Waals surface area contributed by atoms with E-state index in [1.165, 1.54) is 4.68 Å². The summed E-state index contributed by atoms with van der Waals surface area (Å²) in [6, 6.07) is 14.9. The monoisotopic (exact) mass is 378 g/mol. The van der Waals surface area contributed by atoms with Crippen molar-refractivity contribution in [2.45, 2.75) is 0 Å². The lowest BCUT2D eigenvalue weighted by Gasteiger charge is -2.10. The van der Waals surface area contributed by atoms with E-state index in [2.05, 4.69) is 11.7 Å². The quantitative estimate of drug-likeness (QED) is 0.639. The molecular weight excluding hydrogens is 356 g/mol. The number of ether oxygens (including phenoxy) is 3. The molecular formula is C22H22N2O4. The van der Waals surface area contributed by atoms with Crippen LogP contribution in [-0.2, 0) is 4.74 Å². The summed E-state index contributed by atoms with van der Waals surface area (Å²) >= 11 is 0. The van der Waals surface area contributed by atoms with E-state index in [4.69, 9.17) is 14.2 Å². The third-order valence-corrected chi connectivity index (χ3v) is 4.09. The lowest BCUT2D eigenvalue weighted by Crippen LogP contribution is -2.33. The molecule has 6 heteroatoms. The van der Waals surface area contributed by atoms with Crippen LogP contribution in [0.2, 0.25) is 0 Å². The Morgan fingerprint density at radius 1 is 1.11 bits per heavy atom. The van der Waals surface area contributed by atoms with Gasteiger partial charge in [-0.2, -0.15) is 0 Å². The van der Waals surface area contributed by atoms with Crippen LogP contribution in [0, 0.1) is 0 Å². The Balaban J connectivity index is 1.88. The Hall–Kier alpha value is -3.51. The molecule has 1 N–H and O–H groups in total. The zero-order valence-electron chi connectivity index (χ0n) is 15.8. The molecule has 3 rings (SSSR count). The normalized spacial score (nSPS) is 11.9. The highest BCUT2D eigenvalue weighted by atomic mass is 16.7. The van der Waals surface area contributed by atoms with Gasteiger partial charge in [-0.25, -0.2) is 4.68 Å². The standard InChI is InChI=1S/C22H22N2O4/c1-16-19(22(25)24(23-16)18-9-5-4-6-10-18)11-7-8-17-12-13-20(28-15-26-2)21(14-17)27-3/h4-14,23H,1,15H2,2-3H3. The molecule has 6 nitrogen and oxygen atoms in total. The molecule has 144 valence electrons. The first kappa shape index (κ1) is 19.3. The van der Waals surface area contributed by atoms with Gasteiger partial charge in [-0.15, -0.1) is 0 Å². The van der Waals surface area contributed by atoms with Crippen molar-refractivity contribution in [1.29, 1.82) is 0 Å². The molecule has 0 unspecified atom stereocenters. The van der Waals surface area contributed by atoms with E-state index in [0.717, 1.165) is 11.3 Å². The number of nitrogens with zero attached hydrogens (tertiary/aromatic N) is 1. The number of hydrogen-bond donors (Lipinski definition) is 1. The van der Waals surface area contributed by atoms with Gasteiger partial charge in [0.1, 0.15) is 0 Å². The topological polar surface area (TPSA) is 65.5 Å². The van der Waals surface area contributed by atoms with E-state index in [1.807, 2.05) is 54.6 Å². The number of rotatable bonds is 7. The number of aromatic nitrogens is 2. The molecule has 0 atom stereocenters. The van der Waals surface area contributed by atoms with Crippen molar-refractivity contribution < 1.29 is 14.2 Å². The molecule has 1 aromatic heterocycles. The van der Waals surface area contributed by atoms with Gasteiger partial charge in [0.15, 0.2) is 18.3 Å². The van der Waals surface area contributed by atoms with Crippen molar-refractivity contribution in [2.24, 2.45) is 0 Å². The fraction of sp³-hybridized carbons (Fsp3) is 0.136. The van der Waals surface area contributed by atoms with Crippen LogP contribution < -0.4 is 25.6 Å². The van der Waals surface area contributed by atoms with Crippen LogP contribution in [-0.4, -0.2) is 30.8 Å². The summed E-state index contributed by atoms with van der Waals surface area (Å²) in [6.07, 6.45) is 5.42. The van der Waals surface area contributed by atoms with Crippen molar-refractivity contribution in [3.8, 4) is 17.2 Å². The molecule has 2 aromatic carbocycles. The average Bonchev–Trinajstić information content (AvgIpc) is 3.01. The number of para-hydroxylation sites is 1. The van der Waals surface area contributed by atoms with Crippen LogP contribution >= 0.6 is 0 Å². The van der Waals surface area contributed by atoms with Crippen molar-refractivity contribution in [2.75, 3.05) is 21.0 Å². The Morgan fingerprint density at radius 3 is 2.61 bits per heavy atom. The maximum Gasteiger partial charge on any atom is 0.279 e. The first-order chi connectivity index (χ1) is 13.6. The molecule has 3 aromatic rings. The molecule has 0 aliphatic rings. The maximum atomic E-state index is 12.7. The van der Waals surface area contributed by atoms with E-state index in [9.17, 15) is 4.79 Å². The summed E-state index contributed by atoms with van der Waals surface area (Å²) < 4.78 is 17.2. The summed E-state index contributed by atoms with van der Waals surface area (Å²) in [4.78, 5) is 12.7. The summed E-state index contributed by atoms with van der Waals surface area (Å²) in [6.45, 7) is 4.08. The third-order valence-electron chi connectivity index (χ3n) is 4.09. The van der Waals surface area contributed by atoms with E-state index >= 15 is 0 Å². The molecule has 0 bridgehead atoms. The zero-order chi connectivity index (χ0) is 19.9. The van der Waals surface area contributed by atoms with Crippen LogP contribution in [0.1, 0.15) is 5.56 Å². The molecule has 1 heterocycles. The molecule has 0 amide bonds. The summed E-state index contributed by atoms with van der Waals surface area (Å²) in [5.41, 5.74) is 1.52. The summed E-state index contributed by atoms with van der Waals surface area (Å²) in [5, 5.41) is 4.06. The number of hydrogen-bond acceptors (Lipinski definition) is 4. The van der Waals surface area contributed by atoms with Crippen LogP contribution in [0.3, 0.4) is 0 Å². The van der Waals surface area contributed by atoms with Gasteiger partial charge < -0.3 is 14.2 Å². The largest absolute Gasteiger partial charge is 0.493 e. The fourth-order valence-electron chi connectivity index (χ4n) is 2.71. The molecule has 0 aliphatic heterocycles. The SMILES string of the molecule is C=c1[nH]n(-c2ccccc2)c(=O)c1=CC=Cc1ccc(OCOC)c(OC)c1. The van der Waals surface area contributed by atoms with Gasteiger partial charge in [-0.1, -0.05) is 43.0 Å². The highest BCUT2D eigenvalue weighted by Gasteiger charge is 2.05. The zero-order valence-corrected chi connectivity index (χ0v) is 15.8. The molecule has 0 fully saturated rings. The van der Waals surface area contributed by atoms with Crippen molar-refractivity contribution in [1.82, 2.24) is 9.78 Å². The number of allylic oxidation sites excluding steroid dienone is 1. The Bertz CT molecular complexity index is 1130. The van der Waals surface area contributed by atoms with Crippen LogP contribution in [0.15, 0.2) is 59.4 Å². The van der Waals surface area contributed by atoms with Gasteiger partial charge in [-0.05, 0) is 35.9 Å². The van der Waals surface area contributed by atoms with Crippen LogP contribution in [0.25, 0.3) is 24.4 Å². The van der Waals surface area contributed by atoms with Gasteiger partial charge in [0.25, 0.3) is 5.56 Å². The molecule has 28 heavy (non-hydrogen) atoms. The van der Waals surface area contributed by atoms with E-state index in [-0.39, 0.29) is 12.4 Å². The highest BCUT2D eigenvalue weighted by Crippen LogP contribution is 2.28. The van der Waals surface area contributed by atoms with Gasteiger partial charge >= 0.3 is 0 Å². The number of H-pyrrole nitrogens is 1. The molecule has 0 saturated carbocycles. The van der Waals surface area contributed by atoms with Gasteiger partial charge in [0, 0.05) is 7.11 Å². The minimum atomic E-state index is -0.151. The highest BCUT2D eigenvalue weighted by molar-refractivity contribution is 5.61. The number of benzene rings is 2. The molecule has 0 spiro atoms. The van der Waals surface area contributed by atoms with Crippen molar-refractivity contribution >= 4 is 18.7 Å². The van der Waals surface area contributed by atoms with E-state index in [1.54, 1.807) is 26.4 Å². The predicted octanol–water partition coefficient (Wildman–Crippen LogP) is 2.06. The first-order valence-electron chi connectivity index (χ1n) is 8.67. The Kier molecular flexibility index (Phi) is 6.14. The Labute approximate surface area is 162 Å². The second kappa shape index (κ2) is 8.92. The van der Waals surface area contributed by atoms with Crippen molar-refractivity contribution in [3.63, 3.8) is 0 Å². The fourth-order valence-corrected chi connectivity index (χ4v) is 2.71. The van der Waals surface area contributed by atoms with Crippen molar-refractivity contribution in [3.05, 3.63) is 81.1 Å². The third kappa shape index (κ3) is 4.24. The average molecular weight is 378 g/mol. The summed E-state index contributed by atoms with van der Waals surface area (Å²) in [7, 11) is 3.14. The lowest BCUT2D eigenvalue weighted by molar-refractivity contribution is 0.0491. The number of aromatic amines is 1. The first-order valence-corrected chi connectivity index (χ1v) is 8.67. The number of methoxy groups -OCH3 is 2. The second-order valence-corrected chi connectivity index (χ2v) is 5.97. The second-order valence-electron chi connectivity index (χ2n) is 5.97. The van der Waals surface area contributed by atoms with Gasteiger partial charge in [-0.3, -0.25) is 9.89 Å². The minimum Gasteiger partial charge on any atom is -0.493 e. The van der Waals surface area contributed by atoms with Gasteiger partial charge in [0.2, 0.25) is 0 Å². The van der Waals surface area contributed by atoms with Crippen LogP contribution in [0.4, 0.5) is 0 Å². The maximum absolute atomic E-state index is 12.7. The smallest absolute Gasteiger partial charge is 0.279 e. The van der Waals surface area contributed by atoms with E-state index in [0.29, 0.717) is 22.1 Å². The van der Waals surface area contributed by atoms with E-state index < -0.39 is 0 Å². The van der Waals surface area contributed by atoms with Crippen LogP contribution in [0.5, 0.6) is 11.5 Å². The van der Waals surface area contributed by atoms with Gasteiger partial charge in [0.05, 0.1) is 23.4 Å². The molecule has 0 saturated heterocycles. The summed E-state index contributed by atoms with van der Waals surface area (Å²) in [5.74, 6) is 1.20.